The molecule has 6 heteroatoms. The second kappa shape index (κ2) is 6.30. The summed E-state index contributed by atoms with van der Waals surface area (Å²) in [5.41, 5.74) is 7.92. The highest BCUT2D eigenvalue weighted by Crippen LogP contribution is 2.29. The molecule has 0 saturated carbocycles. The fraction of sp³-hybridized carbons (Fsp3) is 0.333. The second-order valence-electron chi connectivity index (χ2n) is 4.74. The van der Waals surface area contributed by atoms with E-state index in [1.165, 1.54) is 0 Å². The van der Waals surface area contributed by atoms with Crippen LogP contribution in [0.15, 0.2) is 30.5 Å². The normalized spacial score (nSPS) is 12.0. The first-order valence-corrected chi connectivity index (χ1v) is 6.78. The van der Waals surface area contributed by atoms with E-state index in [1.807, 2.05) is 44.4 Å². The van der Waals surface area contributed by atoms with Crippen molar-refractivity contribution >= 4 is 11.6 Å². The number of carbonyl (C=O) groups excluding carboxylic acids is 1. The van der Waals surface area contributed by atoms with Gasteiger partial charge in [0.25, 0.3) is 0 Å². The van der Waals surface area contributed by atoms with Crippen molar-refractivity contribution in [2.45, 2.75) is 19.4 Å². The number of hydrogen-bond donors (Lipinski definition) is 2. The lowest BCUT2D eigenvalue weighted by Crippen LogP contribution is -2.28. The SMILES string of the molecule is CCc1nn(C)cc1C(Nc1ccccc1OC)C(N)=O. The number of nitrogens with two attached hydrogens (primary N) is 1. The van der Waals surface area contributed by atoms with E-state index in [0.29, 0.717) is 5.75 Å². The van der Waals surface area contributed by atoms with Gasteiger partial charge in [-0.2, -0.15) is 5.10 Å². The van der Waals surface area contributed by atoms with E-state index in [4.69, 9.17) is 10.5 Å². The Morgan fingerprint density at radius 1 is 1.48 bits per heavy atom. The van der Waals surface area contributed by atoms with Gasteiger partial charge in [-0.25, -0.2) is 0 Å². The number of aryl methyl sites for hydroxylation is 2. The summed E-state index contributed by atoms with van der Waals surface area (Å²) in [5.74, 6) is 0.203. The number of amides is 1. The molecule has 21 heavy (non-hydrogen) atoms. The molecule has 0 bridgehead atoms. The standard InChI is InChI=1S/C15H20N4O2/c1-4-11-10(9-19(2)18-11)14(15(16)20)17-12-7-5-6-8-13(12)21-3/h5-9,14,17H,4H2,1-3H3,(H2,16,20). The lowest BCUT2D eigenvalue weighted by Gasteiger charge is -2.18. The Kier molecular flexibility index (Phi) is 4.47. The summed E-state index contributed by atoms with van der Waals surface area (Å²) in [4.78, 5) is 11.9. The van der Waals surface area contributed by atoms with Crippen LogP contribution in [0.5, 0.6) is 5.75 Å². The number of nitrogens with zero attached hydrogens (tertiary/aromatic N) is 2. The van der Waals surface area contributed by atoms with E-state index in [9.17, 15) is 4.79 Å². The number of para-hydroxylation sites is 2. The summed E-state index contributed by atoms with van der Waals surface area (Å²) in [6.45, 7) is 1.99. The highest BCUT2D eigenvalue weighted by Gasteiger charge is 2.23. The molecule has 0 aliphatic heterocycles. The smallest absolute Gasteiger partial charge is 0.244 e. The molecule has 1 unspecified atom stereocenters. The molecule has 2 rings (SSSR count). The van der Waals surface area contributed by atoms with Crippen LogP contribution in [0.25, 0.3) is 0 Å². The van der Waals surface area contributed by atoms with Crippen molar-refractivity contribution in [2.24, 2.45) is 12.8 Å². The summed E-state index contributed by atoms with van der Waals surface area (Å²) in [7, 11) is 3.41. The molecular formula is C15H20N4O2. The number of primary amides is 1. The predicted octanol–water partition coefficient (Wildman–Crippen LogP) is 1.63. The Hall–Kier alpha value is -2.50. The fourth-order valence-corrected chi connectivity index (χ4v) is 2.29. The molecule has 6 nitrogen and oxygen atoms in total. The maximum absolute atomic E-state index is 11.9. The topological polar surface area (TPSA) is 82.2 Å². The van der Waals surface area contributed by atoms with Gasteiger partial charge in [-0.15, -0.1) is 0 Å². The average Bonchev–Trinajstić information content (AvgIpc) is 2.85. The number of anilines is 1. The first kappa shape index (κ1) is 14.9. The highest BCUT2D eigenvalue weighted by molar-refractivity contribution is 5.85. The van der Waals surface area contributed by atoms with Crippen LogP contribution in [0.1, 0.15) is 24.2 Å². The molecule has 0 aliphatic rings. The molecule has 3 N–H and O–H groups in total. The van der Waals surface area contributed by atoms with E-state index in [0.717, 1.165) is 23.4 Å². The molecule has 0 aliphatic carbocycles. The van der Waals surface area contributed by atoms with Gasteiger partial charge in [-0.3, -0.25) is 9.48 Å². The molecular weight excluding hydrogens is 268 g/mol. The van der Waals surface area contributed by atoms with Crippen molar-refractivity contribution in [2.75, 3.05) is 12.4 Å². The van der Waals surface area contributed by atoms with E-state index < -0.39 is 11.9 Å². The third-order valence-corrected chi connectivity index (χ3v) is 3.27. The molecule has 0 radical (unpaired) electrons. The van der Waals surface area contributed by atoms with Crippen molar-refractivity contribution in [3.8, 4) is 5.75 Å². The maximum Gasteiger partial charge on any atom is 0.244 e. The molecule has 0 saturated heterocycles. The summed E-state index contributed by atoms with van der Waals surface area (Å²) in [5, 5.41) is 7.50. The number of methoxy groups -OCH3 is 1. The average molecular weight is 288 g/mol. The van der Waals surface area contributed by atoms with Gasteiger partial charge in [0.15, 0.2) is 0 Å². The minimum absolute atomic E-state index is 0.455. The van der Waals surface area contributed by atoms with Crippen LogP contribution in [-0.4, -0.2) is 22.8 Å². The number of aromatic nitrogens is 2. The number of ether oxygens (including phenoxy) is 1. The van der Waals surface area contributed by atoms with Crippen LogP contribution in [0.3, 0.4) is 0 Å². The van der Waals surface area contributed by atoms with Crippen molar-refractivity contribution in [3.05, 3.63) is 41.7 Å². The van der Waals surface area contributed by atoms with Crippen LogP contribution in [-0.2, 0) is 18.3 Å². The van der Waals surface area contributed by atoms with Gasteiger partial charge in [0.05, 0.1) is 18.5 Å². The molecule has 1 aromatic heterocycles. The molecule has 1 heterocycles. The number of carbonyl (C=O) groups is 1. The summed E-state index contributed by atoms with van der Waals surface area (Å²) < 4.78 is 6.98. The second-order valence-corrected chi connectivity index (χ2v) is 4.74. The van der Waals surface area contributed by atoms with Crippen molar-refractivity contribution in [1.82, 2.24) is 9.78 Å². The number of hydrogen-bond acceptors (Lipinski definition) is 4. The molecule has 0 spiro atoms. The van der Waals surface area contributed by atoms with Crippen LogP contribution in [0.2, 0.25) is 0 Å². The molecule has 1 atom stereocenters. The lowest BCUT2D eigenvalue weighted by molar-refractivity contribution is -0.118. The predicted molar refractivity (Wildman–Crippen MR) is 81.1 cm³/mol. The van der Waals surface area contributed by atoms with Gasteiger partial charge in [-0.1, -0.05) is 19.1 Å². The zero-order chi connectivity index (χ0) is 15.4. The Bertz CT molecular complexity index is 636. The van der Waals surface area contributed by atoms with E-state index in [2.05, 4.69) is 10.4 Å². The lowest BCUT2D eigenvalue weighted by atomic mass is 10.1. The highest BCUT2D eigenvalue weighted by atomic mass is 16.5. The van der Waals surface area contributed by atoms with Crippen molar-refractivity contribution < 1.29 is 9.53 Å². The molecule has 112 valence electrons. The quantitative estimate of drug-likeness (QED) is 0.846. The zero-order valence-corrected chi connectivity index (χ0v) is 12.5. The number of nitrogens with one attached hydrogen (secondary N) is 1. The monoisotopic (exact) mass is 288 g/mol. The minimum Gasteiger partial charge on any atom is -0.495 e. The van der Waals surface area contributed by atoms with Crippen LogP contribution >= 0.6 is 0 Å². The number of rotatable bonds is 6. The van der Waals surface area contributed by atoms with Gasteiger partial charge in [-0.05, 0) is 18.6 Å². The Morgan fingerprint density at radius 3 is 2.81 bits per heavy atom. The summed E-state index contributed by atoms with van der Waals surface area (Å²) >= 11 is 0. The maximum atomic E-state index is 11.9. The van der Waals surface area contributed by atoms with Gasteiger partial charge in [0.1, 0.15) is 11.8 Å². The van der Waals surface area contributed by atoms with Gasteiger partial charge in [0, 0.05) is 18.8 Å². The van der Waals surface area contributed by atoms with Crippen LogP contribution in [0, 0.1) is 0 Å². The Labute approximate surface area is 123 Å². The van der Waals surface area contributed by atoms with E-state index in [-0.39, 0.29) is 0 Å². The third kappa shape index (κ3) is 3.16. The van der Waals surface area contributed by atoms with Gasteiger partial charge >= 0.3 is 0 Å². The molecule has 2 aromatic rings. The van der Waals surface area contributed by atoms with Gasteiger partial charge in [0.2, 0.25) is 5.91 Å². The minimum atomic E-state index is -0.648. The van der Waals surface area contributed by atoms with Crippen LogP contribution in [0.4, 0.5) is 5.69 Å². The largest absolute Gasteiger partial charge is 0.495 e. The van der Waals surface area contributed by atoms with E-state index >= 15 is 0 Å². The third-order valence-electron chi connectivity index (χ3n) is 3.27. The molecule has 1 aromatic carbocycles. The zero-order valence-electron chi connectivity index (χ0n) is 12.5. The Morgan fingerprint density at radius 2 is 2.19 bits per heavy atom. The molecule has 0 fully saturated rings. The first-order valence-electron chi connectivity index (χ1n) is 6.78. The number of benzene rings is 1. The van der Waals surface area contributed by atoms with Crippen molar-refractivity contribution in [1.29, 1.82) is 0 Å². The fourth-order valence-electron chi connectivity index (χ4n) is 2.29. The summed E-state index contributed by atoms with van der Waals surface area (Å²) in [6, 6.07) is 6.75. The Balaban J connectivity index is 2.38. The van der Waals surface area contributed by atoms with Gasteiger partial charge < -0.3 is 15.8 Å². The van der Waals surface area contributed by atoms with Crippen molar-refractivity contribution in [3.63, 3.8) is 0 Å². The van der Waals surface area contributed by atoms with Crippen LogP contribution < -0.4 is 15.8 Å². The summed E-state index contributed by atoms with van der Waals surface area (Å²) in [6.07, 6.45) is 2.55. The van der Waals surface area contributed by atoms with E-state index in [1.54, 1.807) is 11.8 Å². The first-order chi connectivity index (χ1) is 10.1. The molecule has 1 amide bonds.